The summed E-state index contributed by atoms with van der Waals surface area (Å²) < 4.78 is 13.4. The summed E-state index contributed by atoms with van der Waals surface area (Å²) in [7, 11) is 0. The van der Waals surface area contributed by atoms with Crippen molar-refractivity contribution < 1.29 is 19.1 Å². The maximum absolute atomic E-state index is 13.8. The van der Waals surface area contributed by atoms with E-state index in [1.165, 1.54) is 0 Å². The molecule has 0 aliphatic carbocycles. The van der Waals surface area contributed by atoms with E-state index in [0.29, 0.717) is 40.8 Å². The first-order chi connectivity index (χ1) is 21.4. The Bertz CT molecular complexity index is 1800. The molecule has 1 fully saturated rings. The van der Waals surface area contributed by atoms with Crippen molar-refractivity contribution in [1.82, 2.24) is 14.7 Å². The van der Waals surface area contributed by atoms with Gasteiger partial charge in [-0.05, 0) is 85.5 Å². The van der Waals surface area contributed by atoms with Gasteiger partial charge < -0.3 is 9.47 Å². The van der Waals surface area contributed by atoms with E-state index >= 15 is 0 Å². The molecule has 3 aromatic carbocycles. The average molecular weight is 605 g/mol. The Hall–Kier alpha value is -4.97. The Morgan fingerprint density at radius 2 is 1.80 bits per heavy atom. The van der Waals surface area contributed by atoms with E-state index in [-0.39, 0.29) is 23.8 Å². The van der Waals surface area contributed by atoms with Crippen molar-refractivity contribution in [2.75, 3.05) is 13.2 Å². The molecule has 0 radical (unpaired) electrons. The van der Waals surface area contributed by atoms with Crippen LogP contribution in [-0.2, 0) is 20.9 Å². The highest BCUT2D eigenvalue weighted by Crippen LogP contribution is 2.32. The van der Waals surface area contributed by atoms with Crippen LogP contribution < -0.4 is 4.74 Å². The van der Waals surface area contributed by atoms with Crippen LogP contribution in [-0.4, -0.2) is 45.8 Å². The summed E-state index contributed by atoms with van der Waals surface area (Å²) in [5.41, 5.74) is 4.51. The van der Waals surface area contributed by atoms with E-state index in [1.807, 2.05) is 91.1 Å². The number of ether oxygens (including phenoxy) is 2. The normalized spacial score (nSPS) is 17.8. The zero-order valence-corrected chi connectivity index (χ0v) is 24.8. The van der Waals surface area contributed by atoms with Crippen molar-refractivity contribution in [3.05, 3.63) is 118 Å². The predicted molar refractivity (Wildman–Crippen MR) is 167 cm³/mol. The second-order valence-electron chi connectivity index (χ2n) is 10.7. The number of hydrogen-bond donors (Lipinski definition) is 0. The van der Waals surface area contributed by atoms with E-state index in [1.54, 1.807) is 17.7 Å². The smallest absolute Gasteiger partial charge is 0.271 e. The monoisotopic (exact) mass is 604 g/mol. The van der Waals surface area contributed by atoms with Gasteiger partial charge in [0.05, 0.1) is 24.0 Å². The molecule has 6 rings (SSSR count). The minimum atomic E-state index is -0.586. The van der Waals surface area contributed by atoms with Crippen LogP contribution in [0.4, 0.5) is 0 Å². The molecule has 9 heteroatoms. The van der Waals surface area contributed by atoms with Crippen molar-refractivity contribution in [3.63, 3.8) is 0 Å². The SMILES string of the molecule is CC1=C(C#N)C(=O)N(CC2CCCO2)C(=O)/C1=C/c1cn(-c2ccccc2)nc1-c1ccc(OCc2ccc(Cl)cc2)cc1. The van der Waals surface area contributed by atoms with E-state index in [0.717, 1.165) is 34.6 Å². The van der Waals surface area contributed by atoms with Gasteiger partial charge in [0.2, 0.25) is 0 Å². The predicted octanol–water partition coefficient (Wildman–Crippen LogP) is 6.54. The number of para-hydroxylation sites is 1. The molecule has 0 saturated carbocycles. The number of rotatable bonds is 8. The molecule has 0 spiro atoms. The Labute approximate surface area is 260 Å². The first-order valence-electron chi connectivity index (χ1n) is 14.3. The number of hydrogen-bond acceptors (Lipinski definition) is 6. The van der Waals surface area contributed by atoms with Crippen LogP contribution in [0.2, 0.25) is 5.02 Å². The molecular weight excluding hydrogens is 576 g/mol. The highest BCUT2D eigenvalue weighted by Gasteiger charge is 2.37. The third kappa shape index (κ3) is 6.06. The van der Waals surface area contributed by atoms with Crippen LogP contribution in [0, 0.1) is 11.3 Å². The summed E-state index contributed by atoms with van der Waals surface area (Å²) >= 11 is 5.99. The molecule has 1 atom stereocenters. The van der Waals surface area contributed by atoms with Crippen LogP contribution in [0.1, 0.15) is 30.9 Å². The first-order valence-corrected chi connectivity index (χ1v) is 14.7. The number of aromatic nitrogens is 2. The summed E-state index contributed by atoms with van der Waals surface area (Å²) in [4.78, 5) is 28.0. The summed E-state index contributed by atoms with van der Waals surface area (Å²) in [5.74, 6) is -0.349. The molecule has 2 amide bonds. The topological polar surface area (TPSA) is 97.5 Å². The number of carbonyl (C=O) groups is 2. The lowest BCUT2D eigenvalue weighted by atomic mass is 9.93. The maximum Gasteiger partial charge on any atom is 0.271 e. The largest absolute Gasteiger partial charge is 0.489 e. The summed E-state index contributed by atoms with van der Waals surface area (Å²) in [5, 5.41) is 15.4. The minimum absolute atomic E-state index is 0.0481. The van der Waals surface area contributed by atoms with Gasteiger partial charge in [-0.15, -0.1) is 0 Å². The summed E-state index contributed by atoms with van der Waals surface area (Å²) in [6, 6.07) is 26.7. The molecular formula is C35H29ClN4O4. The average Bonchev–Trinajstić information content (AvgIpc) is 3.72. The molecule has 1 saturated heterocycles. The number of nitrogens with zero attached hydrogens (tertiary/aromatic N) is 4. The van der Waals surface area contributed by atoms with Crippen LogP contribution in [0.3, 0.4) is 0 Å². The molecule has 2 aliphatic heterocycles. The van der Waals surface area contributed by atoms with Gasteiger partial charge in [-0.2, -0.15) is 10.4 Å². The van der Waals surface area contributed by atoms with Gasteiger partial charge in [0.15, 0.2) is 0 Å². The lowest BCUT2D eigenvalue weighted by molar-refractivity contribution is -0.142. The zero-order valence-electron chi connectivity index (χ0n) is 24.1. The van der Waals surface area contributed by atoms with Crippen LogP contribution in [0.15, 0.2) is 102 Å². The number of imide groups is 1. The van der Waals surface area contributed by atoms with Gasteiger partial charge in [0.1, 0.15) is 24.0 Å². The molecule has 0 N–H and O–H groups in total. The van der Waals surface area contributed by atoms with Gasteiger partial charge >= 0.3 is 0 Å². The van der Waals surface area contributed by atoms with E-state index in [9.17, 15) is 14.9 Å². The van der Waals surface area contributed by atoms with E-state index in [2.05, 4.69) is 0 Å². The number of halogens is 1. The highest BCUT2D eigenvalue weighted by molar-refractivity contribution is 6.30. The lowest BCUT2D eigenvalue weighted by Crippen LogP contribution is -2.46. The second-order valence-corrected chi connectivity index (χ2v) is 11.1. The minimum Gasteiger partial charge on any atom is -0.489 e. The van der Waals surface area contributed by atoms with Crippen molar-refractivity contribution in [3.8, 4) is 28.8 Å². The Morgan fingerprint density at radius 3 is 2.48 bits per heavy atom. The van der Waals surface area contributed by atoms with Crippen LogP contribution >= 0.6 is 11.6 Å². The quantitative estimate of drug-likeness (QED) is 0.167. The fourth-order valence-corrected chi connectivity index (χ4v) is 5.46. The van der Waals surface area contributed by atoms with Crippen molar-refractivity contribution in [1.29, 1.82) is 5.26 Å². The number of amides is 2. The van der Waals surface area contributed by atoms with Gasteiger partial charge in [-0.3, -0.25) is 14.5 Å². The third-order valence-electron chi connectivity index (χ3n) is 7.75. The van der Waals surface area contributed by atoms with Crippen molar-refractivity contribution in [2.24, 2.45) is 0 Å². The van der Waals surface area contributed by atoms with Gasteiger partial charge in [-0.1, -0.05) is 41.9 Å². The first kappa shape index (κ1) is 29.1. The summed E-state index contributed by atoms with van der Waals surface area (Å²) in [6.45, 7) is 2.74. The van der Waals surface area contributed by atoms with Crippen LogP contribution in [0.5, 0.6) is 5.75 Å². The van der Waals surface area contributed by atoms with Gasteiger partial charge in [-0.25, -0.2) is 4.68 Å². The Morgan fingerprint density at radius 1 is 1.05 bits per heavy atom. The van der Waals surface area contributed by atoms with Gasteiger partial charge in [0, 0.05) is 34.5 Å². The standard InChI is InChI=1S/C35H29ClN4O4/c1-23-31(34(41)39(35(42)32(23)19-37)21-30-8-5-17-43-30)18-26-20-40(28-6-3-2-4-7-28)38-33(26)25-11-15-29(16-12-25)44-22-24-9-13-27(36)14-10-24/h2-4,6-7,9-16,18,20,30H,5,8,17,21-22H2,1H3/b31-18+. The molecule has 220 valence electrons. The highest BCUT2D eigenvalue weighted by atomic mass is 35.5. The molecule has 8 nitrogen and oxygen atoms in total. The van der Waals surface area contributed by atoms with Crippen LogP contribution in [0.25, 0.3) is 23.0 Å². The fraction of sp³-hybridized carbons (Fsp3) is 0.200. The maximum atomic E-state index is 13.8. The van der Waals surface area contributed by atoms with E-state index in [4.69, 9.17) is 26.2 Å². The number of benzene rings is 3. The fourth-order valence-electron chi connectivity index (χ4n) is 5.33. The molecule has 2 aliphatic rings. The van der Waals surface area contributed by atoms with Crippen molar-refractivity contribution >= 4 is 29.5 Å². The molecule has 3 heterocycles. The van der Waals surface area contributed by atoms with Crippen molar-refractivity contribution in [2.45, 2.75) is 32.5 Å². The van der Waals surface area contributed by atoms with E-state index < -0.39 is 11.8 Å². The summed E-state index contributed by atoms with van der Waals surface area (Å²) in [6.07, 6.45) is 4.96. The Balaban J connectivity index is 1.36. The molecule has 1 aromatic heterocycles. The number of nitriles is 1. The Kier molecular flexibility index (Phi) is 8.42. The molecule has 1 unspecified atom stereocenters. The molecule has 44 heavy (non-hydrogen) atoms. The number of carbonyl (C=O) groups excluding carboxylic acids is 2. The second kappa shape index (κ2) is 12.7. The third-order valence-corrected chi connectivity index (χ3v) is 8.00. The molecule has 4 aromatic rings. The molecule has 0 bridgehead atoms. The lowest BCUT2D eigenvalue weighted by Gasteiger charge is -2.29. The van der Waals surface area contributed by atoms with Gasteiger partial charge in [0.25, 0.3) is 11.8 Å². The zero-order chi connectivity index (χ0) is 30.6.